The van der Waals surface area contributed by atoms with Gasteiger partial charge in [-0.05, 0) is 32.4 Å². The second-order valence-corrected chi connectivity index (χ2v) is 6.39. The van der Waals surface area contributed by atoms with Crippen molar-refractivity contribution in [3.63, 3.8) is 0 Å². The van der Waals surface area contributed by atoms with Crippen molar-refractivity contribution in [3.8, 4) is 5.75 Å². The maximum atomic E-state index is 12.4. The van der Waals surface area contributed by atoms with Crippen molar-refractivity contribution in [1.82, 2.24) is 15.1 Å². The lowest BCUT2D eigenvalue weighted by atomic mass is 10.1. The minimum absolute atomic E-state index is 0.0677. The molecule has 6 heteroatoms. The largest absolute Gasteiger partial charge is 0.496 e. The number of benzene rings is 1. The molecule has 1 aromatic rings. The molecule has 0 spiro atoms. The lowest BCUT2D eigenvalue weighted by Crippen LogP contribution is -2.46. The summed E-state index contributed by atoms with van der Waals surface area (Å²) >= 11 is 0. The predicted octanol–water partition coefficient (Wildman–Crippen LogP) is 1.42. The molecule has 0 radical (unpaired) electrons. The highest BCUT2D eigenvalue weighted by molar-refractivity contribution is 5.84. The van der Waals surface area contributed by atoms with E-state index in [0.29, 0.717) is 0 Å². The zero-order chi connectivity index (χ0) is 17.7. The van der Waals surface area contributed by atoms with Crippen LogP contribution in [0.2, 0.25) is 0 Å². The maximum Gasteiger partial charge on any atom is 0.239 e. The number of carbonyl (C=O) groups excluding carboxylic acids is 2. The molecule has 1 fully saturated rings. The molecule has 1 heterocycles. The zero-order valence-corrected chi connectivity index (χ0v) is 14.9. The summed E-state index contributed by atoms with van der Waals surface area (Å²) in [7, 11) is 5.13. The van der Waals surface area contributed by atoms with Crippen LogP contribution in [-0.2, 0) is 9.59 Å². The molecule has 2 rings (SSSR count). The number of methoxy groups -OCH3 is 1. The minimum atomic E-state index is -0.188. The van der Waals surface area contributed by atoms with E-state index in [9.17, 15) is 9.59 Å². The molecule has 1 aliphatic heterocycles. The van der Waals surface area contributed by atoms with Crippen molar-refractivity contribution in [2.75, 3.05) is 34.3 Å². The SMILES string of the molecule is COc1ccccc1C(C)NC(=O)CN1CCCC1C(=O)N(C)C. The summed E-state index contributed by atoms with van der Waals surface area (Å²) in [4.78, 5) is 28.2. The van der Waals surface area contributed by atoms with Gasteiger partial charge in [-0.2, -0.15) is 0 Å². The van der Waals surface area contributed by atoms with Crippen molar-refractivity contribution in [2.45, 2.75) is 31.8 Å². The number of hydrogen-bond acceptors (Lipinski definition) is 4. The Morgan fingerprint density at radius 2 is 2.08 bits per heavy atom. The molecular formula is C18H27N3O3. The van der Waals surface area contributed by atoms with Crippen molar-refractivity contribution in [1.29, 1.82) is 0 Å². The lowest BCUT2D eigenvalue weighted by molar-refractivity contribution is -0.134. The summed E-state index contributed by atoms with van der Waals surface area (Å²) in [5.74, 6) is 0.747. The maximum absolute atomic E-state index is 12.4. The number of ether oxygens (including phenoxy) is 1. The van der Waals surface area contributed by atoms with Crippen LogP contribution in [0, 0.1) is 0 Å². The summed E-state index contributed by atoms with van der Waals surface area (Å²) in [5.41, 5.74) is 0.940. The number of para-hydroxylation sites is 1. The van der Waals surface area contributed by atoms with Gasteiger partial charge in [0.2, 0.25) is 11.8 Å². The molecule has 1 N–H and O–H groups in total. The third-order valence-corrected chi connectivity index (χ3v) is 4.42. The van der Waals surface area contributed by atoms with E-state index in [0.717, 1.165) is 30.7 Å². The van der Waals surface area contributed by atoms with Crippen LogP contribution in [0.25, 0.3) is 0 Å². The molecule has 0 saturated carbocycles. The molecule has 0 bridgehead atoms. The number of likely N-dealkylation sites (tertiary alicyclic amines) is 1. The molecule has 2 amide bonds. The Balaban J connectivity index is 1.96. The summed E-state index contributed by atoms with van der Waals surface area (Å²) in [6.45, 7) is 2.95. The van der Waals surface area contributed by atoms with Gasteiger partial charge in [0.05, 0.1) is 25.7 Å². The van der Waals surface area contributed by atoms with Gasteiger partial charge in [-0.25, -0.2) is 0 Å². The van der Waals surface area contributed by atoms with E-state index in [4.69, 9.17) is 4.74 Å². The van der Waals surface area contributed by atoms with Crippen LogP contribution in [0.4, 0.5) is 0 Å². The van der Waals surface area contributed by atoms with Crippen molar-refractivity contribution in [2.24, 2.45) is 0 Å². The fraction of sp³-hybridized carbons (Fsp3) is 0.556. The molecule has 1 saturated heterocycles. The highest BCUT2D eigenvalue weighted by Gasteiger charge is 2.32. The highest BCUT2D eigenvalue weighted by atomic mass is 16.5. The first-order valence-corrected chi connectivity index (χ1v) is 8.31. The quantitative estimate of drug-likeness (QED) is 0.855. The van der Waals surface area contributed by atoms with Gasteiger partial charge < -0.3 is 15.0 Å². The number of carbonyl (C=O) groups is 2. The van der Waals surface area contributed by atoms with Crippen molar-refractivity contribution in [3.05, 3.63) is 29.8 Å². The molecule has 6 nitrogen and oxygen atoms in total. The van der Waals surface area contributed by atoms with Crippen LogP contribution >= 0.6 is 0 Å². The second kappa shape index (κ2) is 8.15. The Hall–Kier alpha value is -2.08. The van der Waals surface area contributed by atoms with Gasteiger partial charge in [0.15, 0.2) is 0 Å². The van der Waals surface area contributed by atoms with Crippen LogP contribution in [0.5, 0.6) is 5.75 Å². The summed E-state index contributed by atoms with van der Waals surface area (Å²) in [6.07, 6.45) is 1.76. The Kier molecular flexibility index (Phi) is 6.20. The smallest absolute Gasteiger partial charge is 0.239 e. The van der Waals surface area contributed by atoms with Crippen molar-refractivity contribution >= 4 is 11.8 Å². The van der Waals surface area contributed by atoms with Gasteiger partial charge in [-0.3, -0.25) is 14.5 Å². The second-order valence-electron chi connectivity index (χ2n) is 6.39. The average molecular weight is 333 g/mol. The molecule has 24 heavy (non-hydrogen) atoms. The molecule has 1 aromatic carbocycles. The third kappa shape index (κ3) is 4.26. The lowest BCUT2D eigenvalue weighted by Gasteiger charge is -2.26. The first-order chi connectivity index (χ1) is 11.4. The topological polar surface area (TPSA) is 61.9 Å². The van der Waals surface area contributed by atoms with Gasteiger partial charge in [-0.1, -0.05) is 18.2 Å². The molecule has 132 valence electrons. The monoisotopic (exact) mass is 333 g/mol. The van der Waals surface area contributed by atoms with E-state index in [1.165, 1.54) is 0 Å². The van der Waals surface area contributed by atoms with Crippen LogP contribution in [0.3, 0.4) is 0 Å². The van der Waals surface area contributed by atoms with Crippen LogP contribution in [0.1, 0.15) is 31.4 Å². The van der Waals surface area contributed by atoms with Gasteiger partial charge in [0.1, 0.15) is 5.75 Å². The zero-order valence-electron chi connectivity index (χ0n) is 14.9. The van der Waals surface area contributed by atoms with Gasteiger partial charge in [0, 0.05) is 19.7 Å². The Morgan fingerprint density at radius 1 is 1.38 bits per heavy atom. The summed E-state index contributed by atoms with van der Waals surface area (Å²) < 4.78 is 5.34. The highest BCUT2D eigenvalue weighted by Crippen LogP contribution is 2.24. The predicted molar refractivity (Wildman–Crippen MR) is 92.8 cm³/mol. The molecule has 0 aromatic heterocycles. The van der Waals surface area contributed by atoms with Crippen LogP contribution < -0.4 is 10.1 Å². The molecule has 2 atom stereocenters. The first kappa shape index (κ1) is 18.3. The Morgan fingerprint density at radius 3 is 2.75 bits per heavy atom. The Bertz CT molecular complexity index is 589. The molecular weight excluding hydrogens is 306 g/mol. The molecule has 0 aliphatic carbocycles. The fourth-order valence-electron chi connectivity index (χ4n) is 3.17. The van der Waals surface area contributed by atoms with Crippen LogP contribution in [0.15, 0.2) is 24.3 Å². The molecule has 2 unspecified atom stereocenters. The van der Waals surface area contributed by atoms with Gasteiger partial charge in [0.25, 0.3) is 0 Å². The summed E-state index contributed by atoms with van der Waals surface area (Å²) in [6, 6.07) is 7.31. The number of nitrogens with zero attached hydrogens (tertiary/aromatic N) is 2. The normalized spacial score (nSPS) is 18.9. The number of rotatable bonds is 6. The summed E-state index contributed by atoms with van der Waals surface area (Å²) in [5, 5.41) is 3.00. The van der Waals surface area contributed by atoms with Crippen LogP contribution in [-0.4, -0.2) is 62.0 Å². The first-order valence-electron chi connectivity index (χ1n) is 8.31. The standard InChI is InChI=1S/C18H27N3O3/c1-13(14-8-5-6-10-16(14)24-4)19-17(22)12-21-11-7-9-15(21)18(23)20(2)3/h5-6,8,10,13,15H,7,9,11-12H2,1-4H3,(H,19,22). The van der Waals surface area contributed by atoms with Crippen molar-refractivity contribution < 1.29 is 14.3 Å². The molecule has 1 aliphatic rings. The third-order valence-electron chi connectivity index (χ3n) is 4.42. The fourth-order valence-corrected chi connectivity index (χ4v) is 3.17. The van der Waals surface area contributed by atoms with Gasteiger partial charge in [-0.15, -0.1) is 0 Å². The van der Waals surface area contributed by atoms with Gasteiger partial charge >= 0.3 is 0 Å². The number of likely N-dealkylation sites (N-methyl/N-ethyl adjacent to an activating group) is 1. The van der Waals surface area contributed by atoms with E-state index in [-0.39, 0.29) is 30.4 Å². The van der Waals surface area contributed by atoms with E-state index in [1.54, 1.807) is 26.1 Å². The minimum Gasteiger partial charge on any atom is -0.496 e. The Labute approximate surface area is 143 Å². The number of nitrogens with one attached hydrogen (secondary N) is 1. The number of hydrogen-bond donors (Lipinski definition) is 1. The van der Waals surface area contributed by atoms with E-state index in [2.05, 4.69) is 5.32 Å². The van der Waals surface area contributed by atoms with E-state index >= 15 is 0 Å². The number of amides is 2. The van der Waals surface area contributed by atoms with E-state index in [1.807, 2.05) is 36.1 Å². The van der Waals surface area contributed by atoms with E-state index < -0.39 is 0 Å². The average Bonchev–Trinajstić information content (AvgIpc) is 3.01.